The lowest BCUT2D eigenvalue weighted by Gasteiger charge is -2.40. The Kier molecular flexibility index (Phi) is 3.08. The highest BCUT2D eigenvalue weighted by Gasteiger charge is 2.78. The molecule has 1 aliphatic heterocycles. The van der Waals surface area contributed by atoms with Gasteiger partial charge in [-0.25, -0.2) is 0 Å². The Morgan fingerprint density at radius 3 is 2.70 bits per heavy atom. The van der Waals surface area contributed by atoms with E-state index >= 15 is 0 Å². The fourth-order valence-electron chi connectivity index (χ4n) is 5.33. The first-order valence-electron chi connectivity index (χ1n) is 8.50. The molecule has 4 bridgehead atoms. The molecular weight excluding hydrogens is 290 g/mol. The topological polar surface area (TPSA) is 47.6 Å². The van der Waals surface area contributed by atoms with Gasteiger partial charge in [0.2, 0.25) is 0 Å². The quantitative estimate of drug-likeness (QED) is 0.929. The second kappa shape index (κ2) is 4.73. The number of hydrogen-bond acceptors (Lipinski definition) is 3. The van der Waals surface area contributed by atoms with Gasteiger partial charge < -0.3 is 14.8 Å². The number of benzene rings is 1. The van der Waals surface area contributed by atoms with Gasteiger partial charge in [-0.2, -0.15) is 0 Å². The van der Waals surface area contributed by atoms with Gasteiger partial charge in [0.1, 0.15) is 5.75 Å². The Morgan fingerprint density at radius 1 is 1.35 bits per heavy atom. The van der Waals surface area contributed by atoms with Gasteiger partial charge in [-0.1, -0.05) is 26.0 Å². The molecule has 4 rings (SSSR count). The number of rotatable bonds is 4. The lowest BCUT2D eigenvalue weighted by Crippen LogP contribution is -2.55. The molecule has 0 spiro atoms. The normalized spacial score (nSPS) is 40.4. The van der Waals surface area contributed by atoms with Crippen molar-refractivity contribution in [2.75, 3.05) is 13.7 Å². The van der Waals surface area contributed by atoms with Crippen LogP contribution in [0.15, 0.2) is 24.3 Å². The molecule has 3 fully saturated rings. The monoisotopic (exact) mass is 315 g/mol. The number of carbonyl (C=O) groups is 1. The molecular formula is C19H25NO3. The Bertz CT molecular complexity index is 643. The lowest BCUT2D eigenvalue weighted by molar-refractivity contribution is -0.155. The summed E-state index contributed by atoms with van der Waals surface area (Å²) in [5.41, 5.74) is 0.612. The Labute approximate surface area is 137 Å². The van der Waals surface area contributed by atoms with Crippen LogP contribution < -0.4 is 10.1 Å². The zero-order valence-corrected chi connectivity index (χ0v) is 14.1. The molecule has 1 heterocycles. The van der Waals surface area contributed by atoms with Crippen LogP contribution in [0.4, 0.5) is 0 Å². The van der Waals surface area contributed by atoms with Crippen LogP contribution in [0.2, 0.25) is 0 Å². The number of methoxy groups -OCH3 is 1. The van der Waals surface area contributed by atoms with E-state index in [0.29, 0.717) is 12.5 Å². The van der Waals surface area contributed by atoms with Gasteiger partial charge in [-0.05, 0) is 42.9 Å². The van der Waals surface area contributed by atoms with Gasteiger partial charge in [-0.3, -0.25) is 4.79 Å². The molecule has 23 heavy (non-hydrogen) atoms. The molecule has 4 heteroatoms. The number of carbonyl (C=O) groups excluding carboxylic acids is 1. The van der Waals surface area contributed by atoms with Crippen molar-refractivity contribution in [1.82, 2.24) is 5.32 Å². The smallest absolute Gasteiger partial charge is 0.253 e. The standard InChI is InChI=1S/C19H25NO3/c1-17-12-23-19(10-14(17)8-9-18(17,19)2)16(21)20-11-13-4-6-15(22-3)7-5-13/h4-7,14H,8-12H2,1-3H3,(H,20,21). The summed E-state index contributed by atoms with van der Waals surface area (Å²) in [7, 11) is 1.65. The predicted molar refractivity (Wildman–Crippen MR) is 87.1 cm³/mol. The third-order valence-electron chi connectivity index (χ3n) is 7.18. The number of amides is 1. The molecule has 2 aliphatic carbocycles. The predicted octanol–water partition coefficient (Wildman–Crippen LogP) is 2.91. The van der Waals surface area contributed by atoms with Crippen molar-refractivity contribution in [2.24, 2.45) is 16.7 Å². The molecule has 1 aromatic rings. The van der Waals surface area contributed by atoms with E-state index in [0.717, 1.165) is 30.8 Å². The molecule has 1 saturated heterocycles. The van der Waals surface area contributed by atoms with Crippen LogP contribution in [0.25, 0.3) is 0 Å². The molecule has 1 aromatic carbocycles. The van der Waals surface area contributed by atoms with Crippen LogP contribution in [0.5, 0.6) is 5.75 Å². The zero-order valence-electron chi connectivity index (χ0n) is 14.1. The van der Waals surface area contributed by atoms with Crippen LogP contribution >= 0.6 is 0 Å². The Morgan fingerprint density at radius 2 is 2.09 bits per heavy atom. The summed E-state index contributed by atoms with van der Waals surface area (Å²) >= 11 is 0. The first kappa shape index (κ1) is 15.0. The number of hydrogen-bond donors (Lipinski definition) is 1. The van der Waals surface area contributed by atoms with Crippen molar-refractivity contribution in [3.05, 3.63) is 29.8 Å². The molecule has 4 atom stereocenters. The van der Waals surface area contributed by atoms with Crippen molar-refractivity contribution in [3.63, 3.8) is 0 Å². The van der Waals surface area contributed by atoms with Gasteiger partial charge >= 0.3 is 0 Å². The largest absolute Gasteiger partial charge is 0.497 e. The highest BCUT2D eigenvalue weighted by atomic mass is 16.5. The summed E-state index contributed by atoms with van der Waals surface area (Å²) in [6, 6.07) is 7.81. The van der Waals surface area contributed by atoms with Crippen molar-refractivity contribution >= 4 is 5.91 Å². The third-order valence-corrected chi connectivity index (χ3v) is 7.18. The summed E-state index contributed by atoms with van der Waals surface area (Å²) in [6.45, 7) is 5.84. The van der Waals surface area contributed by atoms with E-state index in [4.69, 9.17) is 9.47 Å². The highest BCUT2D eigenvalue weighted by Crippen LogP contribution is 2.74. The van der Waals surface area contributed by atoms with Gasteiger partial charge in [0, 0.05) is 17.4 Å². The van der Waals surface area contributed by atoms with Crippen LogP contribution in [0.1, 0.15) is 38.7 Å². The zero-order chi connectivity index (χ0) is 16.3. The minimum atomic E-state index is -0.614. The molecule has 0 radical (unpaired) electrons. The van der Waals surface area contributed by atoms with Crippen molar-refractivity contribution in [1.29, 1.82) is 0 Å². The van der Waals surface area contributed by atoms with Gasteiger partial charge in [0.25, 0.3) is 5.91 Å². The van der Waals surface area contributed by atoms with Crippen molar-refractivity contribution < 1.29 is 14.3 Å². The van der Waals surface area contributed by atoms with Gasteiger partial charge in [0.15, 0.2) is 5.60 Å². The molecule has 1 amide bonds. The third kappa shape index (κ3) is 1.73. The fourth-order valence-corrected chi connectivity index (χ4v) is 5.33. The maximum atomic E-state index is 13.0. The van der Waals surface area contributed by atoms with Gasteiger partial charge in [0.05, 0.1) is 13.7 Å². The number of ether oxygens (including phenoxy) is 2. The van der Waals surface area contributed by atoms with Crippen LogP contribution in [-0.4, -0.2) is 25.2 Å². The summed E-state index contributed by atoms with van der Waals surface area (Å²) in [5, 5.41) is 3.12. The molecule has 4 nitrogen and oxygen atoms in total. The Balaban J connectivity index is 1.49. The second-order valence-electron chi connectivity index (χ2n) is 7.84. The average Bonchev–Trinajstić information content (AvgIpc) is 3.04. The van der Waals surface area contributed by atoms with E-state index in [9.17, 15) is 4.79 Å². The maximum Gasteiger partial charge on any atom is 0.253 e. The summed E-state index contributed by atoms with van der Waals surface area (Å²) in [6.07, 6.45) is 3.22. The highest BCUT2D eigenvalue weighted by molar-refractivity contribution is 5.88. The van der Waals surface area contributed by atoms with E-state index in [2.05, 4.69) is 19.2 Å². The molecule has 0 aromatic heterocycles. The van der Waals surface area contributed by atoms with E-state index in [1.54, 1.807) is 7.11 Å². The molecule has 124 valence electrons. The van der Waals surface area contributed by atoms with Crippen molar-refractivity contribution in [2.45, 2.75) is 45.3 Å². The summed E-state index contributed by atoms with van der Waals surface area (Å²) in [5.74, 6) is 1.53. The second-order valence-corrected chi connectivity index (χ2v) is 7.84. The fraction of sp³-hybridized carbons (Fsp3) is 0.632. The minimum absolute atomic E-state index is 0.0192. The first-order chi connectivity index (χ1) is 11.0. The Hall–Kier alpha value is -1.55. The van der Waals surface area contributed by atoms with E-state index in [-0.39, 0.29) is 16.7 Å². The first-order valence-corrected chi connectivity index (χ1v) is 8.50. The lowest BCUT2D eigenvalue weighted by atomic mass is 9.66. The van der Waals surface area contributed by atoms with Crippen LogP contribution in [-0.2, 0) is 16.1 Å². The van der Waals surface area contributed by atoms with E-state index < -0.39 is 5.60 Å². The summed E-state index contributed by atoms with van der Waals surface area (Å²) in [4.78, 5) is 13.0. The average molecular weight is 315 g/mol. The van der Waals surface area contributed by atoms with Gasteiger partial charge in [-0.15, -0.1) is 0 Å². The van der Waals surface area contributed by atoms with Crippen molar-refractivity contribution in [3.8, 4) is 5.75 Å². The van der Waals surface area contributed by atoms with E-state index in [1.165, 1.54) is 6.42 Å². The SMILES string of the molecule is COc1ccc(CNC(=O)C23CC4CCC2(C)C4(C)CO3)cc1. The maximum absolute atomic E-state index is 13.0. The number of nitrogens with one attached hydrogen (secondary N) is 1. The van der Waals surface area contributed by atoms with E-state index in [1.807, 2.05) is 24.3 Å². The molecule has 3 aliphatic rings. The molecule has 1 N–H and O–H groups in total. The van der Waals surface area contributed by atoms with Crippen LogP contribution in [0.3, 0.4) is 0 Å². The molecule has 2 saturated carbocycles. The summed E-state index contributed by atoms with van der Waals surface area (Å²) < 4.78 is 11.3. The minimum Gasteiger partial charge on any atom is -0.497 e. The molecule has 4 unspecified atom stereocenters. The van der Waals surface area contributed by atoms with Crippen LogP contribution in [0, 0.1) is 16.7 Å².